The van der Waals surface area contributed by atoms with Gasteiger partial charge in [0.2, 0.25) is 0 Å². The van der Waals surface area contributed by atoms with Gasteiger partial charge in [0, 0.05) is 27.7 Å². The molecule has 3 aromatic heterocycles. The van der Waals surface area contributed by atoms with Crippen LogP contribution in [0.1, 0.15) is 9.75 Å². The zero-order chi connectivity index (χ0) is 14.7. The smallest absolute Gasteiger partial charge is 0.152 e. The molecule has 0 spiro atoms. The fourth-order valence-corrected chi connectivity index (χ4v) is 5.95. The highest BCUT2D eigenvalue weighted by Crippen LogP contribution is 2.31. The van der Waals surface area contributed by atoms with Crippen molar-refractivity contribution in [3.8, 4) is 0 Å². The quantitative estimate of drug-likeness (QED) is 0.671. The molecule has 0 radical (unpaired) electrons. The molecule has 0 aromatic carbocycles. The molecule has 21 heavy (non-hydrogen) atoms. The van der Waals surface area contributed by atoms with Crippen LogP contribution < -0.4 is 5.45 Å². The van der Waals surface area contributed by atoms with Gasteiger partial charge in [0.15, 0.2) is 8.07 Å². The Morgan fingerprint density at radius 1 is 0.952 bits per heavy atom. The topological polar surface area (TPSA) is 25.8 Å². The SMILES string of the molecule is C[Si](C)(C=C(c1cccs1)c1cccs1)c1ncccn1. The first kappa shape index (κ1) is 14.4. The minimum atomic E-state index is -1.83. The Labute approximate surface area is 133 Å². The lowest BCUT2D eigenvalue weighted by atomic mass is 10.2. The molecule has 106 valence electrons. The van der Waals surface area contributed by atoms with Crippen molar-refractivity contribution >= 4 is 41.8 Å². The first-order valence-corrected chi connectivity index (χ1v) is 11.6. The van der Waals surface area contributed by atoms with E-state index in [4.69, 9.17) is 0 Å². The van der Waals surface area contributed by atoms with Crippen LogP contribution in [0.2, 0.25) is 13.1 Å². The van der Waals surface area contributed by atoms with Crippen molar-refractivity contribution in [1.82, 2.24) is 9.97 Å². The summed E-state index contributed by atoms with van der Waals surface area (Å²) in [6, 6.07) is 10.5. The van der Waals surface area contributed by atoms with E-state index in [1.807, 2.05) is 18.5 Å². The maximum absolute atomic E-state index is 4.48. The predicted molar refractivity (Wildman–Crippen MR) is 94.9 cm³/mol. The van der Waals surface area contributed by atoms with Gasteiger partial charge in [-0.3, -0.25) is 0 Å². The van der Waals surface area contributed by atoms with Crippen molar-refractivity contribution in [2.24, 2.45) is 0 Å². The maximum Gasteiger partial charge on any atom is 0.152 e. The van der Waals surface area contributed by atoms with Crippen LogP contribution in [0.25, 0.3) is 5.57 Å². The van der Waals surface area contributed by atoms with E-state index in [-0.39, 0.29) is 0 Å². The predicted octanol–water partition coefficient (Wildman–Crippen LogP) is 4.19. The number of hydrogen-bond acceptors (Lipinski definition) is 4. The summed E-state index contributed by atoms with van der Waals surface area (Å²) in [5, 5.41) is 4.26. The zero-order valence-electron chi connectivity index (χ0n) is 12.0. The van der Waals surface area contributed by atoms with Crippen molar-refractivity contribution in [1.29, 1.82) is 0 Å². The minimum absolute atomic E-state index is 0.982. The highest BCUT2D eigenvalue weighted by Gasteiger charge is 2.26. The van der Waals surface area contributed by atoms with E-state index in [9.17, 15) is 0 Å². The Balaban J connectivity index is 2.08. The minimum Gasteiger partial charge on any atom is -0.246 e. The van der Waals surface area contributed by atoms with Crippen LogP contribution in [0.5, 0.6) is 0 Å². The summed E-state index contributed by atoms with van der Waals surface area (Å²) < 4.78 is 0. The number of nitrogens with zero attached hydrogens (tertiary/aromatic N) is 2. The molecule has 0 fully saturated rings. The highest BCUT2D eigenvalue weighted by molar-refractivity contribution is 7.14. The van der Waals surface area contributed by atoms with Crippen LogP contribution in [0.15, 0.2) is 59.2 Å². The van der Waals surface area contributed by atoms with E-state index < -0.39 is 8.07 Å². The third-order valence-electron chi connectivity index (χ3n) is 3.22. The van der Waals surface area contributed by atoms with Gasteiger partial charge in [-0.15, -0.1) is 22.7 Å². The summed E-state index contributed by atoms with van der Waals surface area (Å²) in [5.41, 5.74) is 4.72. The van der Waals surface area contributed by atoms with Crippen LogP contribution >= 0.6 is 22.7 Å². The van der Waals surface area contributed by atoms with E-state index in [0.717, 1.165) is 5.45 Å². The molecule has 3 rings (SSSR count). The third-order valence-corrected chi connectivity index (χ3v) is 7.45. The number of hydrogen-bond donors (Lipinski definition) is 0. The standard InChI is InChI=1S/C16H16N2S2Si/c1-21(2,16-17-8-5-9-18-16)12-13(14-6-3-10-19-14)15-7-4-11-20-15/h3-12H,1-2H3. The van der Waals surface area contributed by atoms with Crippen LogP contribution in [-0.2, 0) is 0 Å². The molecule has 0 atom stereocenters. The molecule has 3 aromatic rings. The summed E-state index contributed by atoms with van der Waals surface area (Å²) in [6.07, 6.45) is 3.67. The summed E-state index contributed by atoms with van der Waals surface area (Å²) in [4.78, 5) is 11.6. The van der Waals surface area contributed by atoms with Crippen molar-refractivity contribution in [2.45, 2.75) is 13.1 Å². The molecule has 0 saturated carbocycles. The molecule has 0 aliphatic carbocycles. The van der Waals surface area contributed by atoms with E-state index in [1.54, 1.807) is 22.7 Å². The third kappa shape index (κ3) is 3.20. The second-order valence-corrected chi connectivity index (χ2v) is 11.4. The van der Waals surface area contributed by atoms with Gasteiger partial charge in [-0.25, -0.2) is 9.97 Å². The molecule has 2 nitrogen and oxygen atoms in total. The Morgan fingerprint density at radius 2 is 1.52 bits per heavy atom. The molecular weight excluding hydrogens is 312 g/mol. The molecule has 0 unspecified atom stereocenters. The molecule has 0 bridgehead atoms. The largest absolute Gasteiger partial charge is 0.246 e. The average molecular weight is 329 g/mol. The lowest BCUT2D eigenvalue weighted by molar-refractivity contribution is 1.22. The molecule has 5 heteroatoms. The normalized spacial score (nSPS) is 11.3. The van der Waals surface area contributed by atoms with Crippen LogP contribution in [-0.4, -0.2) is 18.0 Å². The van der Waals surface area contributed by atoms with E-state index in [1.165, 1.54) is 15.3 Å². The van der Waals surface area contributed by atoms with Gasteiger partial charge in [0.1, 0.15) is 5.45 Å². The van der Waals surface area contributed by atoms with Crippen molar-refractivity contribution in [3.63, 3.8) is 0 Å². The number of rotatable bonds is 4. The Bertz CT molecular complexity index is 681. The Morgan fingerprint density at radius 3 is 2.00 bits per heavy atom. The van der Waals surface area contributed by atoms with E-state index in [0.29, 0.717) is 0 Å². The molecule has 0 amide bonds. The van der Waals surface area contributed by atoms with Crippen LogP contribution in [0.3, 0.4) is 0 Å². The van der Waals surface area contributed by atoms with Gasteiger partial charge < -0.3 is 0 Å². The van der Waals surface area contributed by atoms with E-state index >= 15 is 0 Å². The van der Waals surface area contributed by atoms with Gasteiger partial charge in [-0.2, -0.15) is 0 Å². The molecule has 0 aliphatic heterocycles. The first-order valence-electron chi connectivity index (χ1n) is 6.75. The fourth-order valence-electron chi connectivity index (χ4n) is 2.18. The van der Waals surface area contributed by atoms with Gasteiger partial charge in [-0.1, -0.05) is 30.9 Å². The zero-order valence-corrected chi connectivity index (χ0v) is 14.6. The second kappa shape index (κ2) is 6.05. The summed E-state index contributed by atoms with van der Waals surface area (Å²) in [7, 11) is -1.83. The molecule has 0 N–H and O–H groups in total. The van der Waals surface area contributed by atoms with Crippen LogP contribution in [0.4, 0.5) is 0 Å². The Hall–Kier alpha value is -1.56. The van der Waals surface area contributed by atoms with Gasteiger partial charge >= 0.3 is 0 Å². The summed E-state index contributed by atoms with van der Waals surface area (Å²) in [5.74, 6) is 0. The maximum atomic E-state index is 4.48. The van der Waals surface area contributed by atoms with Crippen LogP contribution in [0, 0.1) is 0 Å². The lowest BCUT2D eigenvalue weighted by Crippen LogP contribution is -2.44. The highest BCUT2D eigenvalue weighted by atomic mass is 32.1. The van der Waals surface area contributed by atoms with Gasteiger partial charge in [0.25, 0.3) is 0 Å². The monoisotopic (exact) mass is 328 g/mol. The van der Waals surface area contributed by atoms with E-state index in [2.05, 4.69) is 63.8 Å². The molecular formula is C16H16N2S2Si. The van der Waals surface area contributed by atoms with Crippen molar-refractivity contribution in [3.05, 3.63) is 68.9 Å². The molecule has 0 saturated heterocycles. The Kier molecular flexibility index (Phi) is 4.14. The van der Waals surface area contributed by atoms with Gasteiger partial charge in [-0.05, 0) is 29.0 Å². The fraction of sp³-hybridized carbons (Fsp3) is 0.125. The summed E-state index contributed by atoms with van der Waals surface area (Å²) >= 11 is 3.57. The first-order chi connectivity index (χ1) is 10.2. The number of aromatic nitrogens is 2. The van der Waals surface area contributed by atoms with Gasteiger partial charge in [0.05, 0.1) is 0 Å². The average Bonchev–Trinajstić information content (AvgIpc) is 3.19. The van der Waals surface area contributed by atoms with Crippen molar-refractivity contribution < 1.29 is 0 Å². The number of thiophene rings is 2. The molecule has 0 aliphatic rings. The lowest BCUT2D eigenvalue weighted by Gasteiger charge is -2.17. The second-order valence-electron chi connectivity index (χ2n) is 5.31. The molecule has 3 heterocycles. The van der Waals surface area contributed by atoms with Crippen molar-refractivity contribution in [2.75, 3.05) is 0 Å². The summed E-state index contributed by atoms with van der Waals surface area (Å²) in [6.45, 7) is 4.59.